The molecule has 1 fully saturated rings. The SMILES string of the molecule is CCN(c1ccc(C(=O)O)c(C(F)(F)F)c1)C1CC1. The number of hydrogen-bond donors (Lipinski definition) is 1. The van der Waals surface area contributed by atoms with Crippen LogP contribution in [0.1, 0.15) is 35.7 Å². The van der Waals surface area contributed by atoms with E-state index in [0.717, 1.165) is 25.0 Å². The third kappa shape index (κ3) is 2.83. The van der Waals surface area contributed by atoms with E-state index in [0.29, 0.717) is 12.2 Å². The van der Waals surface area contributed by atoms with E-state index in [4.69, 9.17) is 5.11 Å². The van der Waals surface area contributed by atoms with E-state index in [1.54, 1.807) is 0 Å². The largest absolute Gasteiger partial charge is 0.478 e. The van der Waals surface area contributed by atoms with Crippen LogP contribution in [0, 0.1) is 0 Å². The number of hydrogen-bond acceptors (Lipinski definition) is 2. The van der Waals surface area contributed by atoms with Gasteiger partial charge in [-0.2, -0.15) is 13.2 Å². The van der Waals surface area contributed by atoms with Crippen molar-refractivity contribution in [3.63, 3.8) is 0 Å². The molecule has 1 aromatic carbocycles. The molecule has 0 radical (unpaired) electrons. The van der Waals surface area contributed by atoms with Gasteiger partial charge in [0.25, 0.3) is 0 Å². The number of carboxylic acid groups (broad SMARTS) is 1. The normalized spacial score (nSPS) is 15.4. The maximum Gasteiger partial charge on any atom is 0.417 e. The highest BCUT2D eigenvalue weighted by Crippen LogP contribution is 2.37. The Kier molecular flexibility index (Phi) is 3.43. The molecule has 0 amide bonds. The predicted molar refractivity (Wildman–Crippen MR) is 64.4 cm³/mol. The van der Waals surface area contributed by atoms with Gasteiger partial charge in [0.1, 0.15) is 0 Å². The van der Waals surface area contributed by atoms with Crippen molar-refractivity contribution in [1.82, 2.24) is 0 Å². The Labute approximate surface area is 108 Å². The van der Waals surface area contributed by atoms with Crippen LogP contribution in [0.15, 0.2) is 18.2 Å². The molecule has 0 bridgehead atoms. The number of aromatic carboxylic acids is 1. The number of halogens is 3. The summed E-state index contributed by atoms with van der Waals surface area (Å²) in [5.41, 5.74) is -1.36. The number of rotatable bonds is 4. The van der Waals surface area contributed by atoms with Gasteiger partial charge in [0, 0.05) is 18.3 Å². The van der Waals surface area contributed by atoms with Gasteiger partial charge in [-0.1, -0.05) is 0 Å². The van der Waals surface area contributed by atoms with Crippen LogP contribution < -0.4 is 4.90 Å². The third-order valence-corrected chi connectivity index (χ3v) is 3.20. The van der Waals surface area contributed by atoms with E-state index < -0.39 is 23.3 Å². The van der Waals surface area contributed by atoms with Crippen LogP contribution in [0.25, 0.3) is 0 Å². The molecule has 1 aromatic rings. The average Bonchev–Trinajstić information content (AvgIpc) is 3.13. The molecule has 1 saturated carbocycles. The molecule has 0 spiro atoms. The molecule has 0 aromatic heterocycles. The van der Waals surface area contributed by atoms with Gasteiger partial charge < -0.3 is 10.0 Å². The number of anilines is 1. The first-order valence-electron chi connectivity index (χ1n) is 6.05. The Bertz CT molecular complexity index is 495. The highest BCUT2D eigenvalue weighted by molar-refractivity contribution is 5.90. The van der Waals surface area contributed by atoms with Gasteiger partial charge in [0.15, 0.2) is 0 Å². The molecule has 1 aliphatic rings. The van der Waals surface area contributed by atoms with Gasteiger partial charge in [-0.05, 0) is 38.0 Å². The molecule has 0 saturated heterocycles. The summed E-state index contributed by atoms with van der Waals surface area (Å²) in [5, 5.41) is 8.82. The van der Waals surface area contributed by atoms with Crippen molar-refractivity contribution in [3.05, 3.63) is 29.3 Å². The molecule has 2 rings (SSSR count). The summed E-state index contributed by atoms with van der Waals surface area (Å²) in [4.78, 5) is 12.7. The summed E-state index contributed by atoms with van der Waals surface area (Å²) >= 11 is 0. The van der Waals surface area contributed by atoms with Crippen molar-refractivity contribution in [3.8, 4) is 0 Å². The number of alkyl halides is 3. The lowest BCUT2D eigenvalue weighted by Gasteiger charge is -2.24. The van der Waals surface area contributed by atoms with Gasteiger partial charge in [-0.3, -0.25) is 0 Å². The number of carbonyl (C=O) groups is 1. The molecule has 0 aliphatic heterocycles. The molecule has 1 aliphatic carbocycles. The topological polar surface area (TPSA) is 40.5 Å². The highest BCUT2D eigenvalue weighted by atomic mass is 19.4. The van der Waals surface area contributed by atoms with Crippen LogP contribution in [0.4, 0.5) is 18.9 Å². The number of benzene rings is 1. The van der Waals surface area contributed by atoms with Gasteiger partial charge in [-0.15, -0.1) is 0 Å². The first kappa shape index (κ1) is 13.7. The number of carboxylic acids is 1. The second kappa shape index (κ2) is 4.75. The Hall–Kier alpha value is -1.72. The molecule has 0 unspecified atom stereocenters. The summed E-state index contributed by atoms with van der Waals surface area (Å²) in [6, 6.07) is 3.69. The fourth-order valence-corrected chi connectivity index (χ4v) is 2.17. The predicted octanol–water partition coefficient (Wildman–Crippen LogP) is 3.39. The molecular formula is C13H14F3NO2. The van der Waals surface area contributed by atoms with E-state index in [1.807, 2.05) is 11.8 Å². The zero-order chi connectivity index (χ0) is 14.2. The van der Waals surface area contributed by atoms with Crippen LogP contribution in [0.2, 0.25) is 0 Å². The molecule has 0 heterocycles. The van der Waals surface area contributed by atoms with Crippen LogP contribution in [0.5, 0.6) is 0 Å². The summed E-state index contributed by atoms with van der Waals surface area (Å²) in [6.45, 7) is 2.48. The minimum absolute atomic E-state index is 0.279. The molecule has 3 nitrogen and oxygen atoms in total. The van der Waals surface area contributed by atoms with Crippen molar-refractivity contribution >= 4 is 11.7 Å². The van der Waals surface area contributed by atoms with Gasteiger partial charge >= 0.3 is 12.1 Å². The van der Waals surface area contributed by atoms with Gasteiger partial charge in [0.2, 0.25) is 0 Å². The van der Waals surface area contributed by atoms with Crippen molar-refractivity contribution in [2.24, 2.45) is 0 Å². The average molecular weight is 273 g/mol. The van der Waals surface area contributed by atoms with E-state index >= 15 is 0 Å². The van der Waals surface area contributed by atoms with Crippen molar-refractivity contribution in [2.45, 2.75) is 32.0 Å². The lowest BCUT2D eigenvalue weighted by atomic mass is 10.1. The highest BCUT2D eigenvalue weighted by Gasteiger charge is 2.37. The molecule has 0 atom stereocenters. The molecule has 19 heavy (non-hydrogen) atoms. The Balaban J connectivity index is 2.45. The monoisotopic (exact) mass is 273 g/mol. The van der Waals surface area contributed by atoms with E-state index in [-0.39, 0.29) is 6.04 Å². The van der Waals surface area contributed by atoms with Gasteiger partial charge in [-0.25, -0.2) is 4.79 Å². The first-order chi connectivity index (χ1) is 8.84. The smallest absolute Gasteiger partial charge is 0.417 e. The number of nitrogens with zero attached hydrogens (tertiary/aromatic N) is 1. The maximum atomic E-state index is 12.9. The van der Waals surface area contributed by atoms with Crippen LogP contribution >= 0.6 is 0 Å². The summed E-state index contributed by atoms with van der Waals surface area (Å²) in [6.07, 6.45) is -2.72. The van der Waals surface area contributed by atoms with Crippen molar-refractivity contribution in [2.75, 3.05) is 11.4 Å². The quantitative estimate of drug-likeness (QED) is 0.914. The molecular weight excluding hydrogens is 259 g/mol. The summed E-state index contributed by atoms with van der Waals surface area (Å²) in [7, 11) is 0. The third-order valence-electron chi connectivity index (χ3n) is 3.20. The first-order valence-corrected chi connectivity index (χ1v) is 6.05. The molecule has 1 N–H and O–H groups in total. The summed E-state index contributed by atoms with van der Waals surface area (Å²) < 4.78 is 38.7. The minimum atomic E-state index is -4.66. The van der Waals surface area contributed by atoms with Crippen LogP contribution in [-0.4, -0.2) is 23.7 Å². The summed E-state index contributed by atoms with van der Waals surface area (Å²) in [5.74, 6) is -1.56. The van der Waals surface area contributed by atoms with Gasteiger partial charge in [0.05, 0.1) is 11.1 Å². The fourth-order valence-electron chi connectivity index (χ4n) is 2.17. The van der Waals surface area contributed by atoms with E-state index in [1.165, 1.54) is 6.07 Å². The second-order valence-electron chi connectivity index (χ2n) is 4.55. The zero-order valence-electron chi connectivity index (χ0n) is 10.4. The Morgan fingerprint density at radius 1 is 1.42 bits per heavy atom. The lowest BCUT2D eigenvalue weighted by Crippen LogP contribution is -2.26. The Morgan fingerprint density at radius 2 is 2.05 bits per heavy atom. The van der Waals surface area contributed by atoms with E-state index in [9.17, 15) is 18.0 Å². The van der Waals surface area contributed by atoms with Crippen molar-refractivity contribution in [1.29, 1.82) is 0 Å². The minimum Gasteiger partial charge on any atom is -0.478 e. The zero-order valence-corrected chi connectivity index (χ0v) is 10.4. The lowest BCUT2D eigenvalue weighted by molar-refractivity contribution is -0.138. The fraction of sp³-hybridized carbons (Fsp3) is 0.462. The molecule has 104 valence electrons. The van der Waals surface area contributed by atoms with Crippen LogP contribution in [0.3, 0.4) is 0 Å². The molecule has 6 heteroatoms. The maximum absolute atomic E-state index is 12.9. The standard InChI is InChI=1S/C13H14F3NO2/c1-2-17(8-3-4-8)9-5-6-10(12(18)19)11(7-9)13(14,15)16/h5-8H,2-4H2,1H3,(H,18,19). The Morgan fingerprint density at radius 3 is 2.47 bits per heavy atom. The van der Waals surface area contributed by atoms with Crippen LogP contribution in [-0.2, 0) is 6.18 Å². The van der Waals surface area contributed by atoms with Crippen molar-refractivity contribution < 1.29 is 23.1 Å². The second-order valence-corrected chi connectivity index (χ2v) is 4.55. The van der Waals surface area contributed by atoms with E-state index in [2.05, 4.69) is 0 Å².